The molecule has 0 heterocycles. The summed E-state index contributed by atoms with van der Waals surface area (Å²) in [4.78, 5) is 10.2. The summed E-state index contributed by atoms with van der Waals surface area (Å²) in [6, 6.07) is 12.1. The minimum absolute atomic E-state index is 0.0624. The molecule has 2 rings (SSSR count). The number of non-ortho nitro benzene ring substituents is 1. The summed E-state index contributed by atoms with van der Waals surface area (Å²) < 4.78 is 11.4. The Hall–Kier alpha value is -2.21. The minimum atomic E-state index is -0.893. The van der Waals surface area contributed by atoms with E-state index in [1.807, 2.05) is 25.1 Å². The number of nitro benzene ring substituents is 1. The Bertz CT molecular complexity index is 684. The fraction of sp³-hybridized carbons (Fsp3) is 0.200. The van der Waals surface area contributed by atoms with Gasteiger partial charge >= 0.3 is 0 Å². The van der Waals surface area contributed by atoms with Crippen LogP contribution in [-0.4, -0.2) is 15.4 Å². The molecule has 0 aliphatic carbocycles. The summed E-state index contributed by atoms with van der Waals surface area (Å²) in [6.45, 7) is 1.97. The van der Waals surface area contributed by atoms with Crippen LogP contribution in [0.4, 0.5) is 17.1 Å². The molecule has 0 bridgehead atoms. The highest BCUT2D eigenvalue weighted by Crippen LogP contribution is 2.25. The van der Waals surface area contributed by atoms with Crippen molar-refractivity contribution in [2.45, 2.75) is 12.7 Å². The second-order valence-corrected chi connectivity index (χ2v) is 6.17. The molecule has 0 saturated heterocycles. The van der Waals surface area contributed by atoms with Gasteiger partial charge in [-0.2, -0.15) is 0 Å². The molecule has 0 saturated carbocycles. The van der Waals surface area contributed by atoms with E-state index in [0.29, 0.717) is 5.75 Å². The Morgan fingerprint density at radius 3 is 2.43 bits per heavy atom. The van der Waals surface area contributed by atoms with Crippen molar-refractivity contribution in [1.29, 1.82) is 0 Å². The molecule has 6 heteroatoms. The molecule has 0 amide bonds. The summed E-state index contributed by atoms with van der Waals surface area (Å²) in [6.07, 6.45) is 1.68. The number of anilines is 2. The standard InChI is InChI=1S/C15H16N2O3S/c1-11-12(10-21(2)20)4-3-5-15(11)16-13-6-8-14(9-7-13)17(18)19/h3-9,16H,10H2,1-2H3. The molecule has 0 aliphatic rings. The van der Waals surface area contributed by atoms with Gasteiger partial charge in [0.05, 0.1) is 4.92 Å². The molecule has 21 heavy (non-hydrogen) atoms. The Morgan fingerprint density at radius 2 is 1.86 bits per heavy atom. The summed E-state index contributed by atoms with van der Waals surface area (Å²) in [5.74, 6) is 0.515. The van der Waals surface area contributed by atoms with Gasteiger partial charge in [-0.15, -0.1) is 0 Å². The Labute approximate surface area is 125 Å². The van der Waals surface area contributed by atoms with Gasteiger partial charge in [0, 0.05) is 46.3 Å². The van der Waals surface area contributed by atoms with Crippen LogP contribution in [0.3, 0.4) is 0 Å². The highest BCUT2D eigenvalue weighted by molar-refractivity contribution is 7.83. The number of nitrogens with one attached hydrogen (secondary N) is 1. The van der Waals surface area contributed by atoms with Crippen molar-refractivity contribution in [3.8, 4) is 0 Å². The molecule has 5 nitrogen and oxygen atoms in total. The van der Waals surface area contributed by atoms with E-state index in [1.165, 1.54) is 12.1 Å². The Kier molecular flexibility index (Phi) is 4.70. The largest absolute Gasteiger partial charge is 0.355 e. The van der Waals surface area contributed by atoms with Gasteiger partial charge < -0.3 is 5.32 Å². The zero-order valence-corrected chi connectivity index (χ0v) is 12.6. The minimum Gasteiger partial charge on any atom is -0.355 e. The van der Waals surface area contributed by atoms with Gasteiger partial charge in [-0.3, -0.25) is 14.3 Å². The molecule has 2 aromatic rings. The average molecular weight is 304 g/mol. The van der Waals surface area contributed by atoms with Gasteiger partial charge in [-0.05, 0) is 36.2 Å². The van der Waals surface area contributed by atoms with Crippen LogP contribution in [0.5, 0.6) is 0 Å². The van der Waals surface area contributed by atoms with E-state index in [0.717, 1.165) is 22.5 Å². The summed E-state index contributed by atoms with van der Waals surface area (Å²) in [5.41, 5.74) is 3.81. The van der Waals surface area contributed by atoms with E-state index in [-0.39, 0.29) is 5.69 Å². The quantitative estimate of drug-likeness (QED) is 0.677. The first kappa shape index (κ1) is 15.2. The van der Waals surface area contributed by atoms with Gasteiger partial charge in [-0.1, -0.05) is 12.1 Å². The molecule has 0 aliphatic heterocycles. The monoisotopic (exact) mass is 304 g/mol. The Morgan fingerprint density at radius 1 is 1.19 bits per heavy atom. The smallest absolute Gasteiger partial charge is 0.269 e. The molecule has 0 aromatic heterocycles. The lowest BCUT2D eigenvalue weighted by Crippen LogP contribution is -2.00. The molecular formula is C15H16N2O3S. The van der Waals surface area contributed by atoms with Crippen LogP contribution < -0.4 is 5.32 Å². The van der Waals surface area contributed by atoms with Crippen molar-refractivity contribution in [3.05, 3.63) is 63.7 Å². The third-order valence-corrected chi connectivity index (χ3v) is 3.88. The van der Waals surface area contributed by atoms with Gasteiger partial charge in [0.2, 0.25) is 0 Å². The van der Waals surface area contributed by atoms with Crippen molar-refractivity contribution in [1.82, 2.24) is 0 Å². The number of rotatable bonds is 5. The fourth-order valence-corrected chi connectivity index (χ4v) is 2.77. The molecule has 1 atom stereocenters. The number of hydrogen-bond acceptors (Lipinski definition) is 4. The summed E-state index contributed by atoms with van der Waals surface area (Å²) in [7, 11) is -0.893. The van der Waals surface area contributed by atoms with Crippen molar-refractivity contribution in [2.24, 2.45) is 0 Å². The maximum Gasteiger partial charge on any atom is 0.269 e. The first-order valence-corrected chi connectivity index (χ1v) is 8.10. The first-order chi connectivity index (χ1) is 9.97. The maximum atomic E-state index is 11.4. The molecule has 0 fully saturated rings. The van der Waals surface area contributed by atoms with Crippen molar-refractivity contribution >= 4 is 27.9 Å². The average Bonchev–Trinajstić information content (AvgIpc) is 2.43. The molecule has 110 valence electrons. The lowest BCUT2D eigenvalue weighted by Gasteiger charge is -2.12. The van der Waals surface area contributed by atoms with Crippen molar-refractivity contribution < 1.29 is 9.13 Å². The SMILES string of the molecule is Cc1c(CS(C)=O)cccc1Nc1ccc([N+](=O)[O-])cc1. The summed E-state index contributed by atoms with van der Waals surface area (Å²) in [5, 5.41) is 13.9. The highest BCUT2D eigenvalue weighted by Gasteiger charge is 2.07. The third kappa shape index (κ3) is 3.88. The zero-order chi connectivity index (χ0) is 15.4. The number of hydrogen-bond donors (Lipinski definition) is 1. The molecule has 1 N–H and O–H groups in total. The number of benzene rings is 2. The lowest BCUT2D eigenvalue weighted by molar-refractivity contribution is -0.384. The van der Waals surface area contributed by atoms with E-state index in [1.54, 1.807) is 18.4 Å². The van der Waals surface area contributed by atoms with Crippen LogP contribution >= 0.6 is 0 Å². The van der Waals surface area contributed by atoms with E-state index in [4.69, 9.17) is 0 Å². The normalized spacial score (nSPS) is 11.9. The van der Waals surface area contributed by atoms with Crippen LogP contribution in [-0.2, 0) is 16.6 Å². The first-order valence-electron chi connectivity index (χ1n) is 6.37. The lowest BCUT2D eigenvalue weighted by atomic mass is 10.1. The third-order valence-electron chi connectivity index (χ3n) is 3.16. The van der Waals surface area contributed by atoms with Crippen LogP contribution in [0.1, 0.15) is 11.1 Å². The van der Waals surface area contributed by atoms with Crippen molar-refractivity contribution in [2.75, 3.05) is 11.6 Å². The molecular weight excluding hydrogens is 288 g/mol. The number of nitro groups is 1. The predicted molar refractivity (Wildman–Crippen MR) is 85.3 cm³/mol. The van der Waals surface area contributed by atoms with Gasteiger partial charge in [0.1, 0.15) is 0 Å². The molecule has 0 spiro atoms. The fourth-order valence-electron chi connectivity index (χ4n) is 2.02. The van der Waals surface area contributed by atoms with Gasteiger partial charge in [-0.25, -0.2) is 0 Å². The predicted octanol–water partition coefficient (Wildman–Crippen LogP) is 3.53. The van der Waals surface area contributed by atoms with E-state index in [2.05, 4.69) is 5.32 Å². The Balaban J connectivity index is 2.23. The highest BCUT2D eigenvalue weighted by atomic mass is 32.2. The topological polar surface area (TPSA) is 72.2 Å². The zero-order valence-electron chi connectivity index (χ0n) is 11.8. The van der Waals surface area contributed by atoms with Crippen LogP contribution in [0, 0.1) is 17.0 Å². The maximum absolute atomic E-state index is 11.4. The second-order valence-electron chi connectivity index (χ2n) is 4.74. The van der Waals surface area contributed by atoms with Gasteiger partial charge in [0.25, 0.3) is 5.69 Å². The van der Waals surface area contributed by atoms with Crippen LogP contribution in [0.25, 0.3) is 0 Å². The van der Waals surface area contributed by atoms with Crippen LogP contribution in [0.15, 0.2) is 42.5 Å². The molecule has 2 aromatic carbocycles. The summed E-state index contributed by atoms with van der Waals surface area (Å²) >= 11 is 0. The van der Waals surface area contributed by atoms with E-state index < -0.39 is 15.7 Å². The van der Waals surface area contributed by atoms with Gasteiger partial charge in [0.15, 0.2) is 0 Å². The van der Waals surface area contributed by atoms with E-state index in [9.17, 15) is 14.3 Å². The number of nitrogens with zero attached hydrogens (tertiary/aromatic N) is 1. The van der Waals surface area contributed by atoms with Crippen LogP contribution in [0.2, 0.25) is 0 Å². The molecule has 0 radical (unpaired) electrons. The molecule has 1 unspecified atom stereocenters. The van der Waals surface area contributed by atoms with E-state index >= 15 is 0 Å². The second kappa shape index (κ2) is 6.49. The van der Waals surface area contributed by atoms with Crippen molar-refractivity contribution in [3.63, 3.8) is 0 Å².